The van der Waals surface area contributed by atoms with E-state index in [0.29, 0.717) is 30.8 Å². The summed E-state index contributed by atoms with van der Waals surface area (Å²) in [7, 11) is 1.46. The second kappa shape index (κ2) is 6.54. The molecular formula is C14H16Cl2N2O3. The molecule has 0 aromatic heterocycles. The third-order valence-electron chi connectivity index (χ3n) is 3.56. The number of nitrogens with zero attached hydrogens (tertiary/aromatic N) is 1. The van der Waals surface area contributed by atoms with Crippen LogP contribution in [0.5, 0.6) is 5.75 Å². The van der Waals surface area contributed by atoms with E-state index in [0.717, 1.165) is 6.42 Å². The van der Waals surface area contributed by atoms with Crippen molar-refractivity contribution in [1.82, 2.24) is 4.90 Å². The normalized spacial score (nSPS) is 18.4. The Bertz CT molecular complexity index is 554. The van der Waals surface area contributed by atoms with Gasteiger partial charge in [-0.2, -0.15) is 0 Å². The Labute approximate surface area is 132 Å². The van der Waals surface area contributed by atoms with Gasteiger partial charge in [-0.1, -0.05) is 23.2 Å². The first-order chi connectivity index (χ1) is 9.93. The number of piperidine rings is 1. The number of rotatable bonds is 3. The van der Waals surface area contributed by atoms with Gasteiger partial charge in [0.15, 0.2) is 5.75 Å². The summed E-state index contributed by atoms with van der Waals surface area (Å²) >= 11 is 12.1. The van der Waals surface area contributed by atoms with Crippen molar-refractivity contribution in [2.24, 2.45) is 11.7 Å². The van der Waals surface area contributed by atoms with Gasteiger partial charge in [-0.15, -0.1) is 0 Å². The summed E-state index contributed by atoms with van der Waals surface area (Å²) in [4.78, 5) is 25.4. The summed E-state index contributed by atoms with van der Waals surface area (Å²) in [5.74, 6) is -0.555. The summed E-state index contributed by atoms with van der Waals surface area (Å²) in [6.07, 6.45) is 1.46. The summed E-state index contributed by atoms with van der Waals surface area (Å²) in [5, 5.41) is 0.550. The number of nitrogens with two attached hydrogens (primary N) is 1. The van der Waals surface area contributed by atoms with E-state index in [-0.39, 0.29) is 27.8 Å². The maximum Gasteiger partial charge on any atom is 0.253 e. The van der Waals surface area contributed by atoms with E-state index in [9.17, 15) is 9.59 Å². The van der Waals surface area contributed by atoms with E-state index in [1.165, 1.54) is 19.2 Å². The molecule has 0 spiro atoms. The predicted molar refractivity (Wildman–Crippen MR) is 80.8 cm³/mol. The number of carbonyl (C=O) groups is 2. The van der Waals surface area contributed by atoms with Crippen LogP contribution in [0.4, 0.5) is 0 Å². The van der Waals surface area contributed by atoms with Crippen molar-refractivity contribution in [3.8, 4) is 5.75 Å². The molecule has 0 saturated carbocycles. The lowest BCUT2D eigenvalue weighted by atomic mass is 9.97. The molecule has 0 bridgehead atoms. The van der Waals surface area contributed by atoms with Crippen LogP contribution in [-0.2, 0) is 4.79 Å². The van der Waals surface area contributed by atoms with Gasteiger partial charge >= 0.3 is 0 Å². The molecule has 1 atom stereocenters. The highest BCUT2D eigenvalue weighted by Crippen LogP contribution is 2.34. The minimum absolute atomic E-state index is 0.215. The van der Waals surface area contributed by atoms with Gasteiger partial charge in [0.25, 0.3) is 5.91 Å². The molecule has 1 saturated heterocycles. The molecule has 5 nitrogen and oxygen atoms in total. The Morgan fingerprint density at radius 2 is 1.95 bits per heavy atom. The van der Waals surface area contributed by atoms with Crippen molar-refractivity contribution in [2.75, 3.05) is 20.2 Å². The number of hydrogen-bond donors (Lipinski definition) is 1. The van der Waals surface area contributed by atoms with Crippen LogP contribution in [0.2, 0.25) is 10.0 Å². The van der Waals surface area contributed by atoms with Gasteiger partial charge in [0.05, 0.1) is 23.1 Å². The molecular weight excluding hydrogens is 315 g/mol. The van der Waals surface area contributed by atoms with Crippen molar-refractivity contribution < 1.29 is 14.3 Å². The Morgan fingerprint density at radius 1 is 1.33 bits per heavy atom. The van der Waals surface area contributed by atoms with Crippen molar-refractivity contribution in [1.29, 1.82) is 0 Å². The molecule has 2 amide bonds. The van der Waals surface area contributed by atoms with Crippen molar-refractivity contribution >= 4 is 35.0 Å². The molecule has 1 heterocycles. The maximum absolute atomic E-state index is 12.5. The fourth-order valence-corrected chi connectivity index (χ4v) is 3.10. The minimum Gasteiger partial charge on any atom is -0.494 e. The smallest absolute Gasteiger partial charge is 0.253 e. The van der Waals surface area contributed by atoms with Crippen molar-refractivity contribution in [3.05, 3.63) is 27.7 Å². The molecule has 114 valence electrons. The fraction of sp³-hybridized carbons (Fsp3) is 0.429. The highest BCUT2D eigenvalue weighted by Gasteiger charge is 2.28. The lowest BCUT2D eigenvalue weighted by Gasteiger charge is -2.31. The van der Waals surface area contributed by atoms with E-state index < -0.39 is 0 Å². The van der Waals surface area contributed by atoms with Crippen LogP contribution in [0.15, 0.2) is 12.1 Å². The molecule has 7 heteroatoms. The van der Waals surface area contributed by atoms with Gasteiger partial charge in [0.1, 0.15) is 0 Å². The molecule has 21 heavy (non-hydrogen) atoms. The lowest BCUT2D eigenvalue weighted by Crippen LogP contribution is -2.44. The Balaban J connectivity index is 2.22. The van der Waals surface area contributed by atoms with Gasteiger partial charge < -0.3 is 15.4 Å². The summed E-state index contributed by atoms with van der Waals surface area (Å²) in [6, 6.07) is 3.03. The number of carbonyl (C=O) groups excluding carboxylic acids is 2. The predicted octanol–water partition coefficient (Wildman–Crippen LogP) is 2.34. The quantitative estimate of drug-likeness (QED) is 0.924. The second-order valence-corrected chi connectivity index (χ2v) is 5.78. The van der Waals surface area contributed by atoms with Gasteiger partial charge in [-0.05, 0) is 25.0 Å². The van der Waals surface area contributed by atoms with E-state index in [1.54, 1.807) is 4.90 Å². The Hall–Kier alpha value is -1.46. The zero-order valence-electron chi connectivity index (χ0n) is 11.6. The monoisotopic (exact) mass is 330 g/mol. The third kappa shape index (κ3) is 3.41. The van der Waals surface area contributed by atoms with Gasteiger partial charge in [-0.3, -0.25) is 9.59 Å². The average Bonchev–Trinajstić information content (AvgIpc) is 2.46. The number of halogens is 2. The zero-order chi connectivity index (χ0) is 15.6. The number of primary amides is 1. The first kappa shape index (κ1) is 15.9. The highest BCUT2D eigenvalue weighted by atomic mass is 35.5. The Kier molecular flexibility index (Phi) is 4.96. The van der Waals surface area contributed by atoms with Crippen molar-refractivity contribution in [3.63, 3.8) is 0 Å². The molecule has 1 unspecified atom stereocenters. The Morgan fingerprint density at radius 3 is 2.48 bits per heavy atom. The molecule has 1 aromatic carbocycles. The molecule has 1 aliphatic rings. The van der Waals surface area contributed by atoms with Crippen LogP contribution in [0.25, 0.3) is 0 Å². The SMILES string of the molecule is COc1c(Cl)cc(C(=O)N2CCCC(C(N)=O)C2)cc1Cl. The molecule has 2 rings (SSSR count). The van der Waals surface area contributed by atoms with Crippen LogP contribution in [0.1, 0.15) is 23.2 Å². The third-order valence-corrected chi connectivity index (χ3v) is 4.12. The number of benzene rings is 1. The maximum atomic E-state index is 12.5. The molecule has 0 radical (unpaired) electrons. The molecule has 0 aliphatic carbocycles. The second-order valence-electron chi connectivity index (χ2n) is 4.97. The van der Waals surface area contributed by atoms with Crippen LogP contribution in [0, 0.1) is 5.92 Å². The number of likely N-dealkylation sites (tertiary alicyclic amines) is 1. The van der Waals surface area contributed by atoms with Gasteiger partial charge in [0.2, 0.25) is 5.91 Å². The first-order valence-electron chi connectivity index (χ1n) is 6.55. The number of methoxy groups -OCH3 is 1. The van der Waals surface area contributed by atoms with Crippen LogP contribution >= 0.6 is 23.2 Å². The minimum atomic E-state index is -0.377. The number of ether oxygens (including phenoxy) is 1. The summed E-state index contributed by atoms with van der Waals surface area (Å²) < 4.78 is 5.05. The largest absolute Gasteiger partial charge is 0.494 e. The van der Waals surface area contributed by atoms with Crippen LogP contribution < -0.4 is 10.5 Å². The van der Waals surface area contributed by atoms with Crippen LogP contribution in [-0.4, -0.2) is 36.9 Å². The van der Waals surface area contributed by atoms with Gasteiger partial charge in [0, 0.05) is 18.7 Å². The first-order valence-corrected chi connectivity index (χ1v) is 7.31. The standard InChI is InChI=1S/C14H16Cl2N2O3/c1-21-12-10(15)5-9(6-11(12)16)14(20)18-4-2-3-8(7-18)13(17)19/h5-6,8H,2-4,7H2,1H3,(H2,17,19). The van der Waals surface area contributed by atoms with Crippen molar-refractivity contribution in [2.45, 2.75) is 12.8 Å². The van der Waals surface area contributed by atoms with Gasteiger partial charge in [-0.25, -0.2) is 0 Å². The van der Waals surface area contributed by atoms with E-state index >= 15 is 0 Å². The summed E-state index contributed by atoms with van der Waals surface area (Å²) in [6.45, 7) is 0.916. The molecule has 1 aromatic rings. The molecule has 1 aliphatic heterocycles. The average molecular weight is 331 g/mol. The van der Waals surface area contributed by atoms with E-state index in [1.807, 2.05) is 0 Å². The number of hydrogen-bond acceptors (Lipinski definition) is 3. The van der Waals surface area contributed by atoms with E-state index in [2.05, 4.69) is 0 Å². The summed E-state index contributed by atoms with van der Waals surface area (Å²) in [5.41, 5.74) is 5.69. The zero-order valence-corrected chi connectivity index (χ0v) is 13.1. The highest BCUT2D eigenvalue weighted by molar-refractivity contribution is 6.37. The topological polar surface area (TPSA) is 72.6 Å². The fourth-order valence-electron chi connectivity index (χ4n) is 2.45. The number of amides is 2. The van der Waals surface area contributed by atoms with Crippen LogP contribution in [0.3, 0.4) is 0 Å². The van der Waals surface area contributed by atoms with E-state index in [4.69, 9.17) is 33.7 Å². The molecule has 1 fully saturated rings. The lowest BCUT2D eigenvalue weighted by molar-refractivity contribution is -0.123. The molecule has 2 N–H and O–H groups in total.